The number of piperidine rings is 2. The van der Waals surface area contributed by atoms with Crippen molar-refractivity contribution in [3.05, 3.63) is 66.5 Å². The van der Waals surface area contributed by atoms with Crippen LogP contribution in [0.5, 0.6) is 0 Å². The maximum Gasteiger partial charge on any atom is 0.234 e. The highest BCUT2D eigenvalue weighted by Gasteiger charge is 2.29. The third-order valence-corrected chi connectivity index (χ3v) is 10.3. The van der Waals surface area contributed by atoms with Gasteiger partial charge in [-0.3, -0.25) is 28.9 Å². The van der Waals surface area contributed by atoms with Crippen molar-refractivity contribution in [1.82, 2.24) is 39.3 Å². The van der Waals surface area contributed by atoms with Crippen LogP contribution >= 0.6 is 0 Å². The number of aromatic nitrogens is 5. The van der Waals surface area contributed by atoms with E-state index in [0.29, 0.717) is 24.8 Å². The molecule has 3 saturated heterocycles. The Morgan fingerprint density at radius 1 is 0.848 bits per heavy atom. The number of carbonyl (C=O) groups excluding carboxylic acids is 2. The summed E-state index contributed by atoms with van der Waals surface area (Å²) >= 11 is 0. The highest BCUT2D eigenvalue weighted by molar-refractivity contribution is 6.00. The van der Waals surface area contributed by atoms with E-state index >= 15 is 0 Å². The highest BCUT2D eigenvalue weighted by Crippen LogP contribution is 2.40. The first-order chi connectivity index (χ1) is 22.6. The Morgan fingerprint density at radius 2 is 1.61 bits per heavy atom. The van der Waals surface area contributed by atoms with Crippen LogP contribution in [0.2, 0.25) is 0 Å². The summed E-state index contributed by atoms with van der Waals surface area (Å²) in [5, 5.41) is 10.6. The van der Waals surface area contributed by atoms with Crippen molar-refractivity contribution in [2.45, 2.75) is 56.4 Å². The van der Waals surface area contributed by atoms with Crippen molar-refractivity contribution in [3.63, 3.8) is 0 Å². The fourth-order valence-electron chi connectivity index (χ4n) is 7.30. The Balaban J connectivity index is 0.774. The van der Waals surface area contributed by atoms with E-state index in [0.717, 1.165) is 87.9 Å². The van der Waals surface area contributed by atoms with E-state index in [1.807, 2.05) is 24.8 Å². The molecular formula is C34H42N10O2. The topological polar surface area (TPSA) is 116 Å². The average molecular weight is 623 g/mol. The maximum absolute atomic E-state index is 12.2. The molecule has 3 aromatic heterocycles. The van der Waals surface area contributed by atoms with Gasteiger partial charge in [0.15, 0.2) is 11.5 Å². The number of hydrogen-bond acceptors (Lipinski definition) is 9. The normalized spacial score (nSPS) is 22.0. The third-order valence-electron chi connectivity index (χ3n) is 10.3. The Kier molecular flexibility index (Phi) is 7.91. The molecule has 6 heterocycles. The molecule has 2 amide bonds. The van der Waals surface area contributed by atoms with Gasteiger partial charge in [0, 0.05) is 101 Å². The van der Waals surface area contributed by atoms with E-state index in [1.54, 1.807) is 0 Å². The zero-order chi connectivity index (χ0) is 31.0. The summed E-state index contributed by atoms with van der Waals surface area (Å²) in [6, 6.07) is 8.76. The van der Waals surface area contributed by atoms with Crippen LogP contribution in [0.4, 0.5) is 17.2 Å². The van der Waals surface area contributed by atoms with Crippen LogP contribution in [-0.4, -0.2) is 98.1 Å². The molecule has 1 atom stereocenters. The van der Waals surface area contributed by atoms with E-state index in [9.17, 15) is 9.59 Å². The number of benzene rings is 1. The first kappa shape index (κ1) is 29.1. The summed E-state index contributed by atoms with van der Waals surface area (Å²) in [6.45, 7) is 8.48. The Morgan fingerprint density at radius 3 is 2.35 bits per heavy atom. The van der Waals surface area contributed by atoms with Crippen LogP contribution in [0.25, 0.3) is 5.65 Å². The molecule has 1 aromatic carbocycles. The second-order valence-corrected chi connectivity index (χ2v) is 13.3. The SMILES string of the molecule is O=C1CCC(c2ccc(N3CCN(CCN4CCC(n5cc(Nc6ncc(C7CC7)n7ccnc67)cn5)CC4)CC3)cc2)C(=O)N1. The number of hydrogen-bond donors (Lipinski definition) is 2. The molecule has 4 aromatic rings. The van der Waals surface area contributed by atoms with Crippen molar-refractivity contribution in [1.29, 1.82) is 0 Å². The molecule has 4 fully saturated rings. The van der Waals surface area contributed by atoms with Gasteiger partial charge in [-0.2, -0.15) is 5.10 Å². The number of fused-ring (bicyclic) bond motifs is 1. The van der Waals surface area contributed by atoms with Gasteiger partial charge < -0.3 is 15.1 Å². The van der Waals surface area contributed by atoms with E-state index in [4.69, 9.17) is 10.1 Å². The van der Waals surface area contributed by atoms with Crippen molar-refractivity contribution >= 4 is 34.7 Å². The average Bonchev–Trinajstić information content (AvgIpc) is 3.60. The van der Waals surface area contributed by atoms with Crippen molar-refractivity contribution in [3.8, 4) is 0 Å². The summed E-state index contributed by atoms with van der Waals surface area (Å²) in [4.78, 5) is 40.6. The Labute approximate surface area is 268 Å². The molecule has 1 aliphatic carbocycles. The lowest BCUT2D eigenvalue weighted by atomic mass is 9.90. The molecular weight excluding hydrogens is 580 g/mol. The number of piperazine rings is 1. The van der Waals surface area contributed by atoms with Gasteiger partial charge in [0.2, 0.25) is 11.8 Å². The van der Waals surface area contributed by atoms with Crippen LogP contribution in [0, 0.1) is 0 Å². The molecule has 0 radical (unpaired) electrons. The number of rotatable bonds is 9. The molecule has 2 N–H and O–H groups in total. The summed E-state index contributed by atoms with van der Waals surface area (Å²) in [5.41, 5.74) is 5.25. The number of likely N-dealkylation sites (tertiary alicyclic amines) is 1. The first-order valence-electron chi connectivity index (χ1n) is 16.8. The van der Waals surface area contributed by atoms with Gasteiger partial charge in [0.05, 0.1) is 23.8 Å². The monoisotopic (exact) mass is 622 g/mol. The lowest BCUT2D eigenvalue weighted by Crippen LogP contribution is -2.49. The third kappa shape index (κ3) is 6.11. The molecule has 3 aliphatic heterocycles. The van der Waals surface area contributed by atoms with E-state index < -0.39 is 0 Å². The molecule has 1 saturated carbocycles. The smallest absolute Gasteiger partial charge is 0.234 e. The predicted molar refractivity (Wildman–Crippen MR) is 175 cm³/mol. The second-order valence-electron chi connectivity index (χ2n) is 13.3. The van der Waals surface area contributed by atoms with Gasteiger partial charge in [0.1, 0.15) is 0 Å². The van der Waals surface area contributed by atoms with Gasteiger partial charge in [-0.1, -0.05) is 12.1 Å². The van der Waals surface area contributed by atoms with Crippen LogP contribution in [0.1, 0.15) is 67.7 Å². The largest absolute Gasteiger partial charge is 0.369 e. The van der Waals surface area contributed by atoms with Crippen LogP contribution in [-0.2, 0) is 9.59 Å². The standard InChI is InChI=1S/C34H42N10O2/c45-31-8-7-29(34(46)39-31)24-3-5-27(6-4-24)42-19-17-41(18-20-42)16-15-40-12-9-28(10-13-40)44-23-26(21-37-44)38-32-33-35-11-14-43(33)30(22-36-32)25-1-2-25/h3-6,11,14,21-23,25,28-29H,1-2,7-10,12-13,15-20H2,(H,36,38)(H,39,45,46). The van der Waals surface area contributed by atoms with Crippen LogP contribution in [0.15, 0.2) is 55.2 Å². The summed E-state index contributed by atoms with van der Waals surface area (Å²) in [5.74, 6) is 0.811. The van der Waals surface area contributed by atoms with E-state index in [1.165, 1.54) is 24.2 Å². The zero-order valence-electron chi connectivity index (χ0n) is 26.2. The van der Waals surface area contributed by atoms with Gasteiger partial charge >= 0.3 is 0 Å². The fourth-order valence-corrected chi connectivity index (χ4v) is 7.30. The molecule has 4 aliphatic rings. The van der Waals surface area contributed by atoms with Crippen molar-refractivity contribution in [2.24, 2.45) is 0 Å². The van der Waals surface area contributed by atoms with E-state index in [2.05, 4.69) is 69.9 Å². The molecule has 12 heteroatoms. The summed E-state index contributed by atoms with van der Waals surface area (Å²) in [7, 11) is 0. The van der Waals surface area contributed by atoms with Crippen molar-refractivity contribution in [2.75, 3.05) is 62.6 Å². The highest BCUT2D eigenvalue weighted by atomic mass is 16.2. The Hall–Kier alpha value is -4.29. The van der Waals surface area contributed by atoms with Crippen molar-refractivity contribution < 1.29 is 9.59 Å². The molecule has 46 heavy (non-hydrogen) atoms. The van der Waals surface area contributed by atoms with Gasteiger partial charge in [0.25, 0.3) is 0 Å². The summed E-state index contributed by atoms with van der Waals surface area (Å²) < 4.78 is 4.29. The zero-order valence-corrected chi connectivity index (χ0v) is 26.2. The van der Waals surface area contributed by atoms with Gasteiger partial charge in [-0.05, 0) is 49.8 Å². The van der Waals surface area contributed by atoms with Crippen LogP contribution in [0.3, 0.4) is 0 Å². The number of anilines is 3. The quantitative estimate of drug-likeness (QED) is 0.271. The number of nitrogens with one attached hydrogen (secondary N) is 2. The number of carbonyl (C=O) groups is 2. The summed E-state index contributed by atoms with van der Waals surface area (Å²) in [6.07, 6.45) is 15.5. The minimum atomic E-state index is -0.227. The number of amides is 2. The van der Waals surface area contributed by atoms with E-state index in [-0.39, 0.29) is 17.7 Å². The number of imide groups is 1. The fraction of sp³-hybridized carbons (Fsp3) is 0.500. The predicted octanol–water partition coefficient (Wildman–Crippen LogP) is 3.53. The molecule has 0 bridgehead atoms. The number of imidazole rings is 1. The second kappa shape index (κ2) is 12.5. The molecule has 240 valence electrons. The molecule has 8 rings (SSSR count). The molecule has 1 unspecified atom stereocenters. The Bertz CT molecular complexity index is 1690. The van der Waals surface area contributed by atoms with Gasteiger partial charge in [-0.25, -0.2) is 9.97 Å². The lowest BCUT2D eigenvalue weighted by molar-refractivity contribution is -0.134. The minimum absolute atomic E-state index is 0.169. The van der Waals surface area contributed by atoms with Gasteiger partial charge in [-0.15, -0.1) is 0 Å². The maximum atomic E-state index is 12.2. The minimum Gasteiger partial charge on any atom is -0.369 e. The first-order valence-corrected chi connectivity index (χ1v) is 16.8. The van der Waals surface area contributed by atoms with Crippen LogP contribution < -0.4 is 15.5 Å². The molecule has 0 spiro atoms. The molecule has 12 nitrogen and oxygen atoms in total. The number of nitrogens with zero attached hydrogens (tertiary/aromatic N) is 8. The lowest BCUT2D eigenvalue weighted by Gasteiger charge is -2.38.